The lowest BCUT2D eigenvalue weighted by Gasteiger charge is -2.20. The van der Waals surface area contributed by atoms with Crippen molar-refractivity contribution in [2.45, 2.75) is 51.9 Å². The van der Waals surface area contributed by atoms with Crippen LogP contribution in [-0.4, -0.2) is 19.0 Å². The van der Waals surface area contributed by atoms with E-state index >= 15 is 0 Å². The van der Waals surface area contributed by atoms with E-state index in [1.807, 2.05) is 0 Å². The number of esters is 1. The van der Waals surface area contributed by atoms with Gasteiger partial charge in [-0.15, -0.1) is 11.3 Å². The summed E-state index contributed by atoms with van der Waals surface area (Å²) in [7, 11) is 1.42. The number of carbonyl (C=O) groups excluding carboxylic acids is 2. The van der Waals surface area contributed by atoms with Gasteiger partial charge in [0, 0.05) is 10.8 Å². The zero-order chi connectivity index (χ0) is 16.8. The highest BCUT2D eigenvalue weighted by molar-refractivity contribution is 7.17. The third-order valence-corrected chi connectivity index (χ3v) is 7.38. The van der Waals surface area contributed by atoms with Crippen LogP contribution in [0.5, 0.6) is 0 Å². The van der Waals surface area contributed by atoms with Gasteiger partial charge in [-0.25, -0.2) is 4.79 Å². The smallest absolute Gasteiger partial charge is 0.341 e. The SMILES string of the molecule is COC(=O)c1c(NC(=O)[C@@H]2C[C@H]3CC[C@H]2C3)sc2c1CC[C@H](C)C2. The summed E-state index contributed by atoms with van der Waals surface area (Å²) in [5.74, 6) is 1.85. The van der Waals surface area contributed by atoms with E-state index in [0.29, 0.717) is 22.4 Å². The van der Waals surface area contributed by atoms with Gasteiger partial charge in [-0.1, -0.05) is 13.3 Å². The Morgan fingerprint density at radius 2 is 2.04 bits per heavy atom. The summed E-state index contributed by atoms with van der Waals surface area (Å²) in [6, 6.07) is 0. The number of hydrogen-bond donors (Lipinski definition) is 1. The first-order chi connectivity index (χ1) is 11.6. The molecule has 1 heterocycles. The number of rotatable bonds is 3. The zero-order valence-electron chi connectivity index (χ0n) is 14.4. The van der Waals surface area contributed by atoms with Crippen LogP contribution >= 0.6 is 11.3 Å². The average molecular weight is 347 g/mol. The number of ether oxygens (including phenoxy) is 1. The fourth-order valence-corrected chi connectivity index (χ4v) is 6.33. The summed E-state index contributed by atoms with van der Waals surface area (Å²) in [6.07, 6.45) is 7.69. The molecule has 130 valence electrons. The summed E-state index contributed by atoms with van der Waals surface area (Å²) in [4.78, 5) is 26.3. The van der Waals surface area contributed by atoms with Crippen LogP contribution < -0.4 is 5.32 Å². The van der Waals surface area contributed by atoms with Crippen molar-refractivity contribution in [2.24, 2.45) is 23.7 Å². The first-order valence-corrected chi connectivity index (χ1v) is 9.92. The Hall–Kier alpha value is -1.36. The molecule has 4 atom stereocenters. The molecule has 24 heavy (non-hydrogen) atoms. The van der Waals surface area contributed by atoms with Gasteiger partial charge in [0.25, 0.3) is 0 Å². The van der Waals surface area contributed by atoms with E-state index in [9.17, 15) is 9.59 Å². The molecule has 0 unspecified atom stereocenters. The molecule has 1 amide bonds. The molecular formula is C19H25NO3S. The van der Waals surface area contributed by atoms with Crippen molar-refractivity contribution in [3.8, 4) is 0 Å². The molecule has 3 aliphatic carbocycles. The van der Waals surface area contributed by atoms with E-state index in [-0.39, 0.29) is 17.8 Å². The standard InChI is InChI=1S/C19H25NO3S/c1-10-3-6-13-15(7-10)24-18(16(13)19(22)23-2)20-17(21)14-9-11-4-5-12(14)8-11/h10-12,14H,3-9H2,1-2H3,(H,20,21)/t10-,11-,12-,14+/m0/s1. The third kappa shape index (κ3) is 2.67. The summed E-state index contributed by atoms with van der Waals surface area (Å²) in [5, 5.41) is 3.82. The van der Waals surface area contributed by atoms with Crippen molar-refractivity contribution < 1.29 is 14.3 Å². The Labute approximate surface area is 147 Å². The van der Waals surface area contributed by atoms with Gasteiger partial charge >= 0.3 is 5.97 Å². The van der Waals surface area contributed by atoms with Gasteiger partial charge in [0.1, 0.15) is 5.00 Å². The monoisotopic (exact) mass is 347 g/mol. The van der Waals surface area contributed by atoms with Gasteiger partial charge in [-0.3, -0.25) is 4.79 Å². The second-order valence-electron chi connectivity index (χ2n) is 7.82. The van der Waals surface area contributed by atoms with Gasteiger partial charge in [0.2, 0.25) is 5.91 Å². The lowest BCUT2D eigenvalue weighted by molar-refractivity contribution is -0.121. The fourth-order valence-electron chi connectivity index (χ4n) is 4.93. The van der Waals surface area contributed by atoms with Crippen LogP contribution in [0.1, 0.15) is 59.8 Å². The molecule has 2 saturated carbocycles. The number of anilines is 1. The maximum atomic E-state index is 12.8. The van der Waals surface area contributed by atoms with E-state index in [1.165, 1.54) is 31.2 Å². The molecule has 3 aliphatic rings. The Morgan fingerprint density at radius 3 is 2.71 bits per heavy atom. The van der Waals surface area contributed by atoms with E-state index in [0.717, 1.165) is 37.2 Å². The Morgan fingerprint density at radius 1 is 1.21 bits per heavy atom. The highest BCUT2D eigenvalue weighted by Crippen LogP contribution is 2.49. The number of hydrogen-bond acceptors (Lipinski definition) is 4. The maximum Gasteiger partial charge on any atom is 0.341 e. The van der Waals surface area contributed by atoms with E-state index < -0.39 is 0 Å². The highest BCUT2D eigenvalue weighted by atomic mass is 32.1. The fraction of sp³-hybridized carbons (Fsp3) is 0.684. The van der Waals surface area contributed by atoms with Crippen molar-refractivity contribution in [3.05, 3.63) is 16.0 Å². The molecule has 4 rings (SSSR count). The summed E-state index contributed by atoms with van der Waals surface area (Å²) in [6.45, 7) is 2.24. The van der Waals surface area contributed by atoms with Crippen LogP contribution in [0.3, 0.4) is 0 Å². The molecule has 4 nitrogen and oxygen atoms in total. The van der Waals surface area contributed by atoms with Crippen LogP contribution in [-0.2, 0) is 22.4 Å². The van der Waals surface area contributed by atoms with Crippen molar-refractivity contribution in [1.82, 2.24) is 0 Å². The lowest BCUT2D eigenvalue weighted by Crippen LogP contribution is -2.27. The van der Waals surface area contributed by atoms with Gasteiger partial charge in [0.05, 0.1) is 12.7 Å². The minimum atomic E-state index is -0.315. The summed E-state index contributed by atoms with van der Waals surface area (Å²) < 4.78 is 5.00. The molecule has 0 radical (unpaired) electrons. The molecule has 1 aromatic rings. The predicted molar refractivity (Wildman–Crippen MR) is 94.4 cm³/mol. The third-order valence-electron chi connectivity index (χ3n) is 6.21. The first kappa shape index (κ1) is 16.1. The molecule has 0 aliphatic heterocycles. The molecule has 2 fully saturated rings. The second kappa shape index (κ2) is 6.17. The lowest BCUT2D eigenvalue weighted by atomic mass is 9.87. The number of fused-ring (bicyclic) bond motifs is 3. The summed E-state index contributed by atoms with van der Waals surface area (Å²) >= 11 is 1.58. The molecule has 5 heteroatoms. The summed E-state index contributed by atoms with van der Waals surface area (Å²) in [5.41, 5.74) is 1.72. The molecule has 1 aromatic heterocycles. The van der Waals surface area contributed by atoms with E-state index in [2.05, 4.69) is 12.2 Å². The normalized spacial score (nSPS) is 30.9. The zero-order valence-corrected chi connectivity index (χ0v) is 15.2. The molecule has 0 spiro atoms. The minimum Gasteiger partial charge on any atom is -0.465 e. The van der Waals surface area contributed by atoms with Gasteiger partial charge < -0.3 is 10.1 Å². The minimum absolute atomic E-state index is 0.110. The molecule has 2 bridgehead atoms. The molecule has 0 saturated heterocycles. The first-order valence-electron chi connectivity index (χ1n) is 9.10. The largest absolute Gasteiger partial charge is 0.465 e. The van der Waals surface area contributed by atoms with Crippen LogP contribution in [0, 0.1) is 23.7 Å². The quantitative estimate of drug-likeness (QED) is 0.840. The number of methoxy groups -OCH3 is 1. The van der Waals surface area contributed by atoms with Gasteiger partial charge in [0.15, 0.2) is 0 Å². The Bertz CT molecular complexity index is 680. The highest BCUT2D eigenvalue weighted by Gasteiger charge is 2.43. The predicted octanol–water partition coefficient (Wildman–Crippen LogP) is 4.03. The van der Waals surface area contributed by atoms with E-state index in [4.69, 9.17) is 4.74 Å². The van der Waals surface area contributed by atoms with Gasteiger partial charge in [-0.2, -0.15) is 0 Å². The molecule has 0 aromatic carbocycles. The van der Waals surface area contributed by atoms with E-state index in [1.54, 1.807) is 11.3 Å². The topological polar surface area (TPSA) is 55.4 Å². The average Bonchev–Trinajstić information content (AvgIpc) is 3.27. The second-order valence-corrected chi connectivity index (χ2v) is 8.92. The number of carbonyl (C=O) groups is 2. The van der Waals surface area contributed by atoms with Gasteiger partial charge in [-0.05, 0) is 61.8 Å². The van der Waals surface area contributed by atoms with Crippen LogP contribution in [0.25, 0.3) is 0 Å². The number of thiophene rings is 1. The number of nitrogens with one attached hydrogen (secondary N) is 1. The molecule has 1 N–H and O–H groups in total. The van der Waals surface area contributed by atoms with Crippen LogP contribution in [0.4, 0.5) is 5.00 Å². The van der Waals surface area contributed by atoms with Crippen molar-refractivity contribution in [2.75, 3.05) is 12.4 Å². The maximum absolute atomic E-state index is 12.8. The number of amides is 1. The van der Waals surface area contributed by atoms with Crippen LogP contribution in [0.2, 0.25) is 0 Å². The van der Waals surface area contributed by atoms with Crippen molar-refractivity contribution >= 4 is 28.2 Å². The van der Waals surface area contributed by atoms with Crippen LogP contribution in [0.15, 0.2) is 0 Å². The Kier molecular flexibility index (Phi) is 4.15. The molecular weight excluding hydrogens is 322 g/mol. The van der Waals surface area contributed by atoms with Crippen molar-refractivity contribution in [1.29, 1.82) is 0 Å². The van der Waals surface area contributed by atoms with Crippen molar-refractivity contribution in [3.63, 3.8) is 0 Å². The Balaban J connectivity index is 1.60.